The summed E-state index contributed by atoms with van der Waals surface area (Å²) in [4.78, 5) is 0. The molecule has 108 valence electrons. The Morgan fingerprint density at radius 3 is 2.21 bits per heavy atom. The summed E-state index contributed by atoms with van der Waals surface area (Å²) in [5, 5.41) is 10.3. The normalized spacial score (nSPS) is 11.8. The van der Waals surface area contributed by atoms with Crippen LogP contribution in [0.1, 0.15) is 44.7 Å². The summed E-state index contributed by atoms with van der Waals surface area (Å²) in [7, 11) is 3.19. The highest BCUT2D eigenvalue weighted by molar-refractivity contribution is 6.32. The maximum atomic E-state index is 9.63. The minimum absolute atomic E-state index is 0.0201. The zero-order valence-electron chi connectivity index (χ0n) is 12.5. The van der Waals surface area contributed by atoms with Crippen LogP contribution in [0.5, 0.6) is 11.5 Å². The summed E-state index contributed by atoms with van der Waals surface area (Å²) in [6, 6.07) is 1.91. The van der Waals surface area contributed by atoms with Gasteiger partial charge in [-0.25, -0.2) is 0 Å². The fourth-order valence-corrected chi connectivity index (χ4v) is 2.71. The zero-order valence-corrected chi connectivity index (χ0v) is 13.3. The summed E-state index contributed by atoms with van der Waals surface area (Å²) in [5.74, 6) is 1.50. The first-order valence-corrected chi connectivity index (χ1v) is 6.73. The average molecular weight is 287 g/mol. The highest BCUT2D eigenvalue weighted by atomic mass is 35.5. The van der Waals surface area contributed by atoms with E-state index >= 15 is 0 Å². The Kier molecular flexibility index (Phi) is 5.11. The average Bonchev–Trinajstić information content (AvgIpc) is 2.37. The minimum atomic E-state index is -0.499. The van der Waals surface area contributed by atoms with Gasteiger partial charge in [0.05, 0.1) is 25.8 Å². The van der Waals surface area contributed by atoms with Crippen molar-refractivity contribution in [1.82, 2.24) is 0 Å². The van der Waals surface area contributed by atoms with Crippen LogP contribution in [0.25, 0.3) is 0 Å². The highest BCUT2D eigenvalue weighted by Gasteiger charge is 2.31. The summed E-state index contributed by atoms with van der Waals surface area (Å²) in [5.41, 5.74) is 1.29. The number of halogens is 1. The maximum absolute atomic E-state index is 9.63. The monoisotopic (exact) mass is 286 g/mol. The summed E-state index contributed by atoms with van der Waals surface area (Å²) < 4.78 is 10.8. The molecule has 0 heterocycles. The molecule has 3 nitrogen and oxygen atoms in total. The lowest BCUT2D eigenvalue weighted by molar-refractivity contribution is 0.213. The Hall–Kier alpha value is -0.930. The van der Waals surface area contributed by atoms with Gasteiger partial charge in [-0.15, -0.1) is 0 Å². The maximum Gasteiger partial charge on any atom is 0.166 e. The first-order valence-electron chi connectivity index (χ1n) is 6.35. The Bertz CT molecular complexity index is 453. The van der Waals surface area contributed by atoms with Crippen molar-refractivity contribution in [2.45, 2.75) is 39.0 Å². The van der Waals surface area contributed by atoms with Crippen molar-refractivity contribution in [2.24, 2.45) is 0 Å². The largest absolute Gasteiger partial charge is 0.493 e. The Morgan fingerprint density at radius 2 is 1.84 bits per heavy atom. The summed E-state index contributed by atoms with van der Waals surface area (Å²) in [6.07, 6.45) is 0. The Morgan fingerprint density at radius 1 is 1.26 bits per heavy atom. The molecule has 0 radical (unpaired) electrons. The fraction of sp³-hybridized carbons (Fsp3) is 0.600. The molecule has 0 aromatic heterocycles. The van der Waals surface area contributed by atoms with Crippen LogP contribution in [0.3, 0.4) is 0 Å². The number of hydrogen-bond acceptors (Lipinski definition) is 3. The molecular weight excluding hydrogens is 264 g/mol. The van der Waals surface area contributed by atoms with Gasteiger partial charge >= 0.3 is 0 Å². The SMILES string of the molecule is COc1cc(C(C)C)c(Cl)c(C(C)(C)CO)c1OC. The summed E-state index contributed by atoms with van der Waals surface area (Å²) in [6.45, 7) is 7.99. The van der Waals surface area contributed by atoms with Crippen LogP contribution in [0.15, 0.2) is 6.07 Å². The molecule has 0 aliphatic heterocycles. The van der Waals surface area contributed by atoms with Crippen molar-refractivity contribution < 1.29 is 14.6 Å². The fourth-order valence-electron chi connectivity index (χ4n) is 2.10. The van der Waals surface area contributed by atoms with Gasteiger partial charge in [-0.1, -0.05) is 39.3 Å². The molecule has 0 aliphatic rings. The molecule has 0 bridgehead atoms. The van der Waals surface area contributed by atoms with E-state index < -0.39 is 5.41 Å². The zero-order chi connectivity index (χ0) is 14.8. The van der Waals surface area contributed by atoms with E-state index in [1.54, 1.807) is 14.2 Å². The molecule has 1 N–H and O–H groups in total. The summed E-state index contributed by atoms with van der Waals surface area (Å²) >= 11 is 6.53. The van der Waals surface area contributed by atoms with E-state index in [1.807, 2.05) is 19.9 Å². The van der Waals surface area contributed by atoms with Crippen LogP contribution in [-0.4, -0.2) is 25.9 Å². The van der Waals surface area contributed by atoms with Crippen molar-refractivity contribution in [2.75, 3.05) is 20.8 Å². The van der Waals surface area contributed by atoms with Gasteiger partial charge in [0.1, 0.15) is 0 Å². The molecular formula is C15H23ClO3. The van der Waals surface area contributed by atoms with E-state index in [-0.39, 0.29) is 12.5 Å². The first-order chi connectivity index (χ1) is 8.80. The molecule has 0 atom stereocenters. The standard InChI is InChI=1S/C15H23ClO3/c1-9(2)10-7-11(18-5)14(19-6)12(13(10)16)15(3,4)8-17/h7,9,17H,8H2,1-6H3. The molecule has 1 rings (SSSR count). The van der Waals surface area contributed by atoms with Gasteiger partial charge in [0.2, 0.25) is 0 Å². The molecule has 0 aliphatic carbocycles. The van der Waals surface area contributed by atoms with Crippen LogP contribution < -0.4 is 9.47 Å². The highest BCUT2D eigenvalue weighted by Crippen LogP contribution is 2.46. The lowest BCUT2D eigenvalue weighted by Crippen LogP contribution is -2.24. The number of methoxy groups -OCH3 is 2. The second-order valence-electron chi connectivity index (χ2n) is 5.59. The molecule has 0 spiro atoms. The predicted molar refractivity (Wildman–Crippen MR) is 78.8 cm³/mol. The van der Waals surface area contributed by atoms with Gasteiger partial charge in [0.15, 0.2) is 11.5 Å². The first kappa shape index (κ1) is 16.1. The second-order valence-corrected chi connectivity index (χ2v) is 5.96. The number of benzene rings is 1. The lowest BCUT2D eigenvalue weighted by Gasteiger charge is -2.29. The van der Waals surface area contributed by atoms with Gasteiger partial charge in [-0.2, -0.15) is 0 Å². The van der Waals surface area contributed by atoms with E-state index in [4.69, 9.17) is 21.1 Å². The molecule has 0 fully saturated rings. The molecule has 1 aromatic carbocycles. The second kappa shape index (κ2) is 6.02. The number of ether oxygens (including phenoxy) is 2. The minimum Gasteiger partial charge on any atom is -0.493 e. The third-order valence-corrected chi connectivity index (χ3v) is 3.74. The van der Waals surface area contributed by atoms with E-state index in [9.17, 15) is 5.11 Å². The predicted octanol–water partition coefficient (Wildman–Crippen LogP) is 3.75. The molecule has 0 saturated heterocycles. The third-order valence-electron chi connectivity index (χ3n) is 3.33. The van der Waals surface area contributed by atoms with Gasteiger partial charge in [-0.05, 0) is 17.5 Å². The smallest absolute Gasteiger partial charge is 0.166 e. The Balaban J connectivity index is 3.69. The van der Waals surface area contributed by atoms with Crippen molar-refractivity contribution in [1.29, 1.82) is 0 Å². The van der Waals surface area contributed by atoms with Crippen LogP contribution in [-0.2, 0) is 5.41 Å². The van der Waals surface area contributed by atoms with Gasteiger partial charge < -0.3 is 14.6 Å². The van der Waals surface area contributed by atoms with E-state index in [0.717, 1.165) is 11.1 Å². The van der Waals surface area contributed by atoms with E-state index in [0.29, 0.717) is 16.5 Å². The molecule has 19 heavy (non-hydrogen) atoms. The molecule has 0 amide bonds. The van der Waals surface area contributed by atoms with Crippen molar-refractivity contribution >= 4 is 11.6 Å². The van der Waals surface area contributed by atoms with Crippen LogP contribution in [0, 0.1) is 0 Å². The molecule has 0 unspecified atom stereocenters. The number of hydrogen-bond donors (Lipinski definition) is 1. The van der Waals surface area contributed by atoms with Gasteiger partial charge in [0.25, 0.3) is 0 Å². The third kappa shape index (κ3) is 2.98. The Labute approximate surface area is 120 Å². The van der Waals surface area contributed by atoms with Crippen LogP contribution >= 0.6 is 11.6 Å². The topological polar surface area (TPSA) is 38.7 Å². The number of rotatable bonds is 5. The number of aliphatic hydroxyl groups is 1. The van der Waals surface area contributed by atoms with Crippen molar-refractivity contribution in [3.63, 3.8) is 0 Å². The quantitative estimate of drug-likeness (QED) is 0.896. The number of aliphatic hydroxyl groups excluding tert-OH is 1. The van der Waals surface area contributed by atoms with Crippen molar-refractivity contribution in [3.8, 4) is 11.5 Å². The molecule has 4 heteroatoms. The molecule has 0 saturated carbocycles. The van der Waals surface area contributed by atoms with Gasteiger partial charge in [0, 0.05) is 11.0 Å². The van der Waals surface area contributed by atoms with E-state index in [2.05, 4.69) is 13.8 Å². The van der Waals surface area contributed by atoms with Crippen LogP contribution in [0.2, 0.25) is 5.02 Å². The van der Waals surface area contributed by atoms with Gasteiger partial charge in [-0.3, -0.25) is 0 Å². The molecule has 1 aromatic rings. The van der Waals surface area contributed by atoms with E-state index in [1.165, 1.54) is 0 Å². The van der Waals surface area contributed by atoms with Crippen LogP contribution in [0.4, 0.5) is 0 Å². The lowest BCUT2D eigenvalue weighted by atomic mass is 9.82. The van der Waals surface area contributed by atoms with Crippen molar-refractivity contribution in [3.05, 3.63) is 22.2 Å².